The van der Waals surface area contributed by atoms with Crippen molar-refractivity contribution in [1.82, 2.24) is 0 Å². The fourth-order valence-corrected chi connectivity index (χ4v) is 2.10. The SMILES string of the molecule is CC(C)Cc1cccc(C(=O)OCc2ccccc2)c1. The highest BCUT2D eigenvalue weighted by Crippen LogP contribution is 2.12. The Balaban J connectivity index is 1.98. The predicted octanol–water partition coefficient (Wildman–Crippen LogP) is 4.24. The van der Waals surface area contributed by atoms with Gasteiger partial charge in [-0.25, -0.2) is 4.79 Å². The maximum atomic E-state index is 12.0. The van der Waals surface area contributed by atoms with E-state index in [4.69, 9.17) is 4.74 Å². The molecule has 0 saturated heterocycles. The van der Waals surface area contributed by atoms with Crippen molar-refractivity contribution in [2.45, 2.75) is 26.9 Å². The van der Waals surface area contributed by atoms with Crippen LogP contribution in [0.3, 0.4) is 0 Å². The lowest BCUT2D eigenvalue weighted by molar-refractivity contribution is 0.0472. The van der Waals surface area contributed by atoms with Crippen molar-refractivity contribution in [3.05, 3.63) is 71.3 Å². The number of rotatable bonds is 5. The highest BCUT2D eigenvalue weighted by Gasteiger charge is 2.08. The van der Waals surface area contributed by atoms with Crippen molar-refractivity contribution in [3.63, 3.8) is 0 Å². The Labute approximate surface area is 120 Å². The maximum absolute atomic E-state index is 12.0. The van der Waals surface area contributed by atoms with Crippen LogP contribution in [0, 0.1) is 5.92 Å². The van der Waals surface area contributed by atoms with Crippen molar-refractivity contribution in [2.24, 2.45) is 5.92 Å². The average Bonchev–Trinajstić information content (AvgIpc) is 2.45. The summed E-state index contributed by atoms with van der Waals surface area (Å²) in [4.78, 5) is 12.0. The molecule has 2 aromatic rings. The molecule has 0 unspecified atom stereocenters. The minimum atomic E-state index is -0.264. The maximum Gasteiger partial charge on any atom is 0.338 e. The van der Waals surface area contributed by atoms with Crippen LogP contribution in [0.1, 0.15) is 35.3 Å². The van der Waals surface area contributed by atoms with Gasteiger partial charge >= 0.3 is 5.97 Å². The molecule has 0 aliphatic rings. The molecule has 0 aromatic heterocycles. The van der Waals surface area contributed by atoms with E-state index in [-0.39, 0.29) is 5.97 Å². The molecule has 0 saturated carbocycles. The first-order valence-electron chi connectivity index (χ1n) is 6.95. The molecule has 2 nitrogen and oxygen atoms in total. The first-order valence-corrected chi connectivity index (χ1v) is 6.95. The molecule has 2 heteroatoms. The molecule has 2 aromatic carbocycles. The first-order chi connectivity index (χ1) is 9.65. The van der Waals surface area contributed by atoms with Crippen molar-refractivity contribution < 1.29 is 9.53 Å². The zero-order valence-electron chi connectivity index (χ0n) is 12.0. The molecule has 0 heterocycles. The van der Waals surface area contributed by atoms with Crippen LogP contribution in [0.15, 0.2) is 54.6 Å². The third-order valence-corrected chi connectivity index (χ3v) is 3.02. The van der Waals surface area contributed by atoms with E-state index in [1.54, 1.807) is 6.07 Å². The molecule has 0 bridgehead atoms. The van der Waals surface area contributed by atoms with Crippen molar-refractivity contribution in [1.29, 1.82) is 0 Å². The number of hydrogen-bond acceptors (Lipinski definition) is 2. The lowest BCUT2D eigenvalue weighted by atomic mass is 10.0. The normalized spacial score (nSPS) is 10.6. The summed E-state index contributed by atoms with van der Waals surface area (Å²) in [6.07, 6.45) is 0.972. The Morgan fingerprint density at radius 1 is 1.00 bits per heavy atom. The molecule has 0 radical (unpaired) electrons. The van der Waals surface area contributed by atoms with Crippen LogP contribution in [0.5, 0.6) is 0 Å². The molecule has 0 N–H and O–H groups in total. The molecule has 0 aliphatic heterocycles. The second-order valence-corrected chi connectivity index (χ2v) is 5.36. The standard InChI is InChI=1S/C18H20O2/c1-14(2)11-16-9-6-10-17(12-16)18(19)20-13-15-7-4-3-5-8-15/h3-10,12,14H,11,13H2,1-2H3. The molecular weight excluding hydrogens is 248 g/mol. The Morgan fingerprint density at radius 3 is 2.40 bits per heavy atom. The third kappa shape index (κ3) is 4.23. The highest BCUT2D eigenvalue weighted by molar-refractivity contribution is 5.89. The summed E-state index contributed by atoms with van der Waals surface area (Å²) in [5, 5.41) is 0. The van der Waals surface area contributed by atoms with Gasteiger partial charge in [0.05, 0.1) is 5.56 Å². The minimum Gasteiger partial charge on any atom is -0.457 e. The summed E-state index contributed by atoms with van der Waals surface area (Å²) in [7, 11) is 0. The number of ether oxygens (including phenoxy) is 1. The number of esters is 1. The summed E-state index contributed by atoms with van der Waals surface area (Å²) in [5.74, 6) is 0.310. The Morgan fingerprint density at radius 2 is 1.70 bits per heavy atom. The molecule has 0 amide bonds. The molecular formula is C18H20O2. The topological polar surface area (TPSA) is 26.3 Å². The summed E-state index contributed by atoms with van der Waals surface area (Å²) >= 11 is 0. The second kappa shape index (κ2) is 6.90. The van der Waals surface area contributed by atoms with Crippen LogP contribution < -0.4 is 0 Å². The number of hydrogen-bond donors (Lipinski definition) is 0. The zero-order valence-corrected chi connectivity index (χ0v) is 12.0. The Bertz CT molecular complexity index is 559. The fourth-order valence-electron chi connectivity index (χ4n) is 2.10. The molecule has 2 rings (SSSR count). The van der Waals surface area contributed by atoms with E-state index in [1.165, 1.54) is 5.56 Å². The summed E-state index contributed by atoms with van der Waals surface area (Å²) < 4.78 is 5.34. The minimum absolute atomic E-state index is 0.264. The van der Waals surface area contributed by atoms with Crippen LogP contribution in [-0.2, 0) is 17.8 Å². The first kappa shape index (κ1) is 14.3. The van der Waals surface area contributed by atoms with Gasteiger partial charge in [-0.05, 0) is 35.6 Å². The van der Waals surface area contributed by atoms with Crippen LogP contribution in [0.25, 0.3) is 0 Å². The van der Waals surface area contributed by atoms with Gasteiger partial charge in [0, 0.05) is 0 Å². The van der Waals surface area contributed by atoms with E-state index in [0.717, 1.165) is 12.0 Å². The zero-order chi connectivity index (χ0) is 14.4. The molecule has 104 valence electrons. The van der Waals surface area contributed by atoms with Gasteiger partial charge in [-0.15, -0.1) is 0 Å². The van der Waals surface area contributed by atoms with Crippen molar-refractivity contribution in [3.8, 4) is 0 Å². The van der Waals surface area contributed by atoms with Crippen LogP contribution in [0.4, 0.5) is 0 Å². The van der Waals surface area contributed by atoms with Crippen molar-refractivity contribution in [2.75, 3.05) is 0 Å². The van der Waals surface area contributed by atoms with Gasteiger partial charge in [-0.3, -0.25) is 0 Å². The lowest BCUT2D eigenvalue weighted by Crippen LogP contribution is -2.06. The average molecular weight is 268 g/mol. The Hall–Kier alpha value is -2.09. The largest absolute Gasteiger partial charge is 0.457 e. The molecule has 0 atom stereocenters. The molecule has 20 heavy (non-hydrogen) atoms. The number of carbonyl (C=O) groups excluding carboxylic acids is 1. The second-order valence-electron chi connectivity index (χ2n) is 5.36. The van der Waals surface area contributed by atoms with Crippen molar-refractivity contribution >= 4 is 5.97 Å². The molecule has 0 fully saturated rings. The molecule has 0 spiro atoms. The van der Waals surface area contributed by atoms with Crippen LogP contribution in [0.2, 0.25) is 0 Å². The quantitative estimate of drug-likeness (QED) is 0.758. The van der Waals surface area contributed by atoms with E-state index in [1.807, 2.05) is 48.5 Å². The summed E-state index contributed by atoms with van der Waals surface area (Å²) in [6, 6.07) is 17.4. The summed E-state index contributed by atoms with van der Waals surface area (Å²) in [6.45, 7) is 4.65. The van der Waals surface area contributed by atoms with Gasteiger partial charge in [-0.2, -0.15) is 0 Å². The Kier molecular flexibility index (Phi) is 4.94. The fraction of sp³-hybridized carbons (Fsp3) is 0.278. The van der Waals surface area contributed by atoms with E-state index < -0.39 is 0 Å². The van der Waals surface area contributed by atoms with Gasteiger partial charge in [0.25, 0.3) is 0 Å². The molecule has 0 aliphatic carbocycles. The predicted molar refractivity (Wildman–Crippen MR) is 80.5 cm³/mol. The number of benzene rings is 2. The van der Waals surface area contributed by atoms with Crippen LogP contribution >= 0.6 is 0 Å². The third-order valence-electron chi connectivity index (χ3n) is 3.02. The van der Waals surface area contributed by atoms with E-state index in [9.17, 15) is 4.79 Å². The number of carbonyl (C=O) groups is 1. The summed E-state index contributed by atoms with van der Waals surface area (Å²) in [5.41, 5.74) is 2.80. The van der Waals surface area contributed by atoms with Gasteiger partial charge in [0.2, 0.25) is 0 Å². The van der Waals surface area contributed by atoms with Crippen LogP contribution in [-0.4, -0.2) is 5.97 Å². The highest BCUT2D eigenvalue weighted by atomic mass is 16.5. The van der Waals surface area contributed by atoms with E-state index >= 15 is 0 Å². The van der Waals surface area contributed by atoms with Gasteiger partial charge in [-0.1, -0.05) is 56.3 Å². The van der Waals surface area contributed by atoms with E-state index in [2.05, 4.69) is 13.8 Å². The smallest absolute Gasteiger partial charge is 0.338 e. The van der Waals surface area contributed by atoms with E-state index in [0.29, 0.717) is 18.1 Å². The van der Waals surface area contributed by atoms with Gasteiger partial charge in [0.1, 0.15) is 6.61 Å². The van der Waals surface area contributed by atoms with Gasteiger partial charge in [0.15, 0.2) is 0 Å². The monoisotopic (exact) mass is 268 g/mol. The van der Waals surface area contributed by atoms with Gasteiger partial charge < -0.3 is 4.74 Å². The lowest BCUT2D eigenvalue weighted by Gasteiger charge is -2.08.